The number of sulfone groups is 1. The number of nitrogens with zero attached hydrogens (tertiary/aromatic N) is 1. The molecule has 3 fully saturated rings. The molecule has 0 radical (unpaired) electrons. The summed E-state index contributed by atoms with van der Waals surface area (Å²) < 4.78 is 23.2. The second-order valence-corrected chi connectivity index (χ2v) is 12.9. The Labute approximate surface area is 180 Å². The van der Waals surface area contributed by atoms with Crippen molar-refractivity contribution in [3.63, 3.8) is 0 Å². The quantitative estimate of drug-likeness (QED) is 0.751. The van der Waals surface area contributed by atoms with Crippen molar-refractivity contribution in [1.82, 2.24) is 4.90 Å². The highest BCUT2D eigenvalue weighted by atomic mass is 35.5. The predicted molar refractivity (Wildman–Crippen MR) is 118 cm³/mol. The normalized spacial score (nSPS) is 32.2. The average Bonchev–Trinajstić information content (AvgIpc) is 2.97. The Bertz CT molecular complexity index is 845. The van der Waals surface area contributed by atoms with Crippen LogP contribution in [0.5, 0.6) is 0 Å². The summed E-state index contributed by atoms with van der Waals surface area (Å²) in [5.74, 6) is 1.74. The average molecular weight is 440 g/mol. The molecule has 1 N–H and O–H groups in total. The molecule has 0 amide bonds. The monoisotopic (exact) mass is 439 g/mol. The van der Waals surface area contributed by atoms with Gasteiger partial charge in [-0.25, -0.2) is 8.42 Å². The van der Waals surface area contributed by atoms with Gasteiger partial charge in [0.15, 0.2) is 9.84 Å². The number of benzene rings is 1. The summed E-state index contributed by atoms with van der Waals surface area (Å²) in [6.45, 7) is 7.17. The van der Waals surface area contributed by atoms with E-state index in [1.54, 1.807) is 0 Å². The summed E-state index contributed by atoms with van der Waals surface area (Å²) in [6, 6.07) is 6.54. The van der Waals surface area contributed by atoms with Crippen molar-refractivity contribution in [3.05, 3.63) is 34.3 Å². The van der Waals surface area contributed by atoms with Crippen LogP contribution in [-0.4, -0.2) is 55.2 Å². The topological polar surface area (TPSA) is 57.6 Å². The lowest BCUT2D eigenvalue weighted by atomic mass is 9.77. The predicted octanol–water partition coefficient (Wildman–Crippen LogP) is 4.05. The Balaban J connectivity index is 1.30. The fourth-order valence-corrected chi connectivity index (χ4v) is 8.41. The summed E-state index contributed by atoms with van der Waals surface area (Å²) >= 11 is 6.65. The lowest BCUT2D eigenvalue weighted by molar-refractivity contribution is 0.0172. The van der Waals surface area contributed by atoms with E-state index in [0.29, 0.717) is 23.3 Å². The molecular formula is C23H34ClNO3S. The maximum atomic E-state index is 11.6. The number of likely N-dealkylation sites (tertiary alicyclic amines) is 1. The van der Waals surface area contributed by atoms with Crippen LogP contribution in [0.25, 0.3) is 0 Å². The highest BCUT2D eigenvalue weighted by Crippen LogP contribution is 2.42. The minimum Gasteiger partial charge on any atom is -0.390 e. The molecule has 4 nitrogen and oxygen atoms in total. The number of hydrogen-bond acceptors (Lipinski definition) is 4. The van der Waals surface area contributed by atoms with Crippen LogP contribution in [0.1, 0.15) is 63.0 Å². The molecule has 162 valence electrons. The molecule has 0 aromatic heterocycles. The zero-order valence-electron chi connectivity index (χ0n) is 17.7. The summed E-state index contributed by atoms with van der Waals surface area (Å²) in [6.07, 6.45) is 5.68. The van der Waals surface area contributed by atoms with Crippen LogP contribution < -0.4 is 0 Å². The number of rotatable bonds is 5. The standard InChI is InChI=1S/C23H34ClNO3S/c1-17(13-25-10-9-23(14-25)15-29(27,28)16-23)11-18-3-4-20(21(24)12-18)19-5-7-22(2,26)8-6-19/h3-4,12,17,19,26H,5-11,13-16H2,1-2H3/t17-,19-,22-/m1/s1. The lowest BCUT2D eigenvalue weighted by Gasteiger charge is -2.37. The van der Waals surface area contributed by atoms with Gasteiger partial charge in [0, 0.05) is 23.5 Å². The molecule has 1 aliphatic carbocycles. The molecule has 1 aromatic rings. The maximum absolute atomic E-state index is 11.6. The van der Waals surface area contributed by atoms with Gasteiger partial charge in [-0.15, -0.1) is 0 Å². The zero-order valence-corrected chi connectivity index (χ0v) is 19.2. The van der Waals surface area contributed by atoms with Crippen LogP contribution in [-0.2, 0) is 16.3 Å². The van der Waals surface area contributed by atoms with E-state index in [4.69, 9.17) is 11.6 Å². The van der Waals surface area contributed by atoms with Crippen LogP contribution in [0, 0.1) is 11.3 Å². The van der Waals surface area contributed by atoms with Gasteiger partial charge in [-0.1, -0.05) is 30.7 Å². The third-order valence-corrected chi connectivity index (χ3v) is 9.72. The molecule has 6 heteroatoms. The van der Waals surface area contributed by atoms with Gasteiger partial charge in [0.25, 0.3) is 0 Å². The minimum atomic E-state index is -2.75. The molecule has 2 heterocycles. The third kappa shape index (κ3) is 5.00. The minimum absolute atomic E-state index is 0.0498. The van der Waals surface area contributed by atoms with Gasteiger partial charge >= 0.3 is 0 Å². The fraction of sp³-hybridized carbons (Fsp3) is 0.739. The van der Waals surface area contributed by atoms with Crippen LogP contribution in [0.2, 0.25) is 5.02 Å². The maximum Gasteiger partial charge on any atom is 0.151 e. The van der Waals surface area contributed by atoms with E-state index >= 15 is 0 Å². The Hall–Kier alpha value is -0.620. The van der Waals surface area contributed by atoms with E-state index in [-0.39, 0.29) is 5.41 Å². The van der Waals surface area contributed by atoms with Gasteiger partial charge in [0.05, 0.1) is 17.1 Å². The third-order valence-electron chi connectivity index (χ3n) is 7.29. The van der Waals surface area contributed by atoms with E-state index < -0.39 is 15.4 Å². The molecule has 4 rings (SSSR count). The van der Waals surface area contributed by atoms with Crippen LogP contribution in [0.3, 0.4) is 0 Å². The highest BCUT2D eigenvalue weighted by Gasteiger charge is 2.51. The van der Waals surface area contributed by atoms with E-state index in [9.17, 15) is 13.5 Å². The lowest BCUT2D eigenvalue weighted by Crippen LogP contribution is -2.50. The highest BCUT2D eigenvalue weighted by molar-refractivity contribution is 7.92. The molecule has 1 aromatic carbocycles. The second kappa shape index (κ2) is 7.81. The summed E-state index contributed by atoms with van der Waals surface area (Å²) in [4.78, 5) is 2.45. The molecule has 0 bridgehead atoms. The molecule has 3 aliphatic rings. The van der Waals surface area contributed by atoms with Crippen molar-refractivity contribution >= 4 is 21.4 Å². The summed E-state index contributed by atoms with van der Waals surface area (Å²) in [5.41, 5.74) is 2.03. The van der Waals surface area contributed by atoms with Crippen LogP contribution in [0.15, 0.2) is 18.2 Å². The Morgan fingerprint density at radius 2 is 1.93 bits per heavy atom. The second-order valence-electron chi connectivity index (χ2n) is 10.5. The first-order chi connectivity index (χ1) is 13.5. The van der Waals surface area contributed by atoms with Crippen molar-refractivity contribution < 1.29 is 13.5 Å². The Kier molecular flexibility index (Phi) is 5.82. The van der Waals surface area contributed by atoms with Gasteiger partial charge < -0.3 is 10.0 Å². The van der Waals surface area contributed by atoms with E-state index in [0.717, 1.165) is 63.2 Å². The molecule has 1 saturated carbocycles. The molecule has 1 spiro atoms. The van der Waals surface area contributed by atoms with E-state index in [2.05, 4.69) is 30.0 Å². The first-order valence-corrected chi connectivity index (χ1v) is 13.2. The number of aliphatic hydroxyl groups is 1. The van der Waals surface area contributed by atoms with Crippen molar-refractivity contribution in [2.24, 2.45) is 11.3 Å². The largest absolute Gasteiger partial charge is 0.390 e. The molecule has 29 heavy (non-hydrogen) atoms. The van der Waals surface area contributed by atoms with Crippen molar-refractivity contribution in [2.75, 3.05) is 31.1 Å². The zero-order chi connectivity index (χ0) is 20.9. The molecule has 2 saturated heterocycles. The first kappa shape index (κ1) is 21.6. The SMILES string of the molecule is C[C@H](Cc1ccc([C@H]2CC[C@](C)(O)CC2)c(Cl)c1)CN1CCC2(C1)CS(=O)(=O)C2. The van der Waals surface area contributed by atoms with Gasteiger partial charge in [-0.05, 0) is 81.0 Å². The van der Waals surface area contributed by atoms with Gasteiger partial charge in [0.1, 0.15) is 0 Å². The van der Waals surface area contributed by atoms with Gasteiger partial charge in [0.2, 0.25) is 0 Å². The molecular weight excluding hydrogens is 406 g/mol. The fourth-order valence-electron chi connectivity index (χ4n) is 5.80. The summed E-state index contributed by atoms with van der Waals surface area (Å²) in [5, 5.41) is 11.0. The molecule has 2 aliphatic heterocycles. The van der Waals surface area contributed by atoms with Gasteiger partial charge in [-0.3, -0.25) is 0 Å². The van der Waals surface area contributed by atoms with E-state index in [1.807, 2.05) is 6.92 Å². The van der Waals surface area contributed by atoms with Crippen LogP contribution in [0.4, 0.5) is 0 Å². The number of halogens is 1. The van der Waals surface area contributed by atoms with Crippen molar-refractivity contribution in [1.29, 1.82) is 0 Å². The van der Waals surface area contributed by atoms with Crippen molar-refractivity contribution in [2.45, 2.75) is 63.9 Å². The van der Waals surface area contributed by atoms with Gasteiger partial charge in [-0.2, -0.15) is 0 Å². The summed E-state index contributed by atoms with van der Waals surface area (Å²) in [7, 11) is -2.75. The Morgan fingerprint density at radius 1 is 1.24 bits per heavy atom. The smallest absolute Gasteiger partial charge is 0.151 e. The van der Waals surface area contributed by atoms with Crippen molar-refractivity contribution in [3.8, 4) is 0 Å². The molecule has 1 atom stereocenters. The van der Waals surface area contributed by atoms with E-state index in [1.165, 1.54) is 11.1 Å². The molecule has 0 unspecified atom stereocenters. The Morgan fingerprint density at radius 3 is 2.55 bits per heavy atom. The first-order valence-electron chi connectivity index (χ1n) is 11.0. The van der Waals surface area contributed by atoms with Crippen LogP contribution >= 0.6 is 11.6 Å². The number of hydrogen-bond donors (Lipinski definition) is 1.